The van der Waals surface area contributed by atoms with E-state index in [1.807, 2.05) is 12.1 Å². The molecule has 1 heterocycles. The van der Waals surface area contributed by atoms with E-state index in [0.717, 1.165) is 0 Å². The largest absolute Gasteiger partial charge is 0.440 e. The van der Waals surface area contributed by atoms with Crippen molar-refractivity contribution >= 4 is 32.8 Å². The van der Waals surface area contributed by atoms with E-state index in [2.05, 4.69) is 20.9 Å². The van der Waals surface area contributed by atoms with Crippen LogP contribution in [0.2, 0.25) is 0 Å². The SMILES string of the molecule is O=C(Cc1nc2ccccc2o1)c1cccc(Br)c1F. The Morgan fingerprint density at radius 1 is 1.20 bits per heavy atom. The molecule has 0 atom stereocenters. The summed E-state index contributed by atoms with van der Waals surface area (Å²) in [7, 11) is 0. The molecule has 3 nitrogen and oxygen atoms in total. The van der Waals surface area contributed by atoms with Gasteiger partial charge in [0.05, 0.1) is 16.5 Å². The van der Waals surface area contributed by atoms with Crippen molar-refractivity contribution in [2.75, 3.05) is 0 Å². The van der Waals surface area contributed by atoms with E-state index >= 15 is 0 Å². The van der Waals surface area contributed by atoms with Crippen LogP contribution in [0.15, 0.2) is 51.4 Å². The van der Waals surface area contributed by atoms with Crippen LogP contribution in [0, 0.1) is 5.82 Å². The third-order valence-corrected chi connectivity index (χ3v) is 3.51. The maximum atomic E-state index is 13.8. The number of Topliss-reactive ketones (excluding diaryl/α,β-unsaturated/α-hetero) is 1. The van der Waals surface area contributed by atoms with Gasteiger partial charge in [0.15, 0.2) is 11.4 Å². The topological polar surface area (TPSA) is 43.1 Å². The highest BCUT2D eigenvalue weighted by molar-refractivity contribution is 9.10. The molecule has 20 heavy (non-hydrogen) atoms. The minimum absolute atomic E-state index is 0.0293. The highest BCUT2D eigenvalue weighted by Gasteiger charge is 2.17. The van der Waals surface area contributed by atoms with Gasteiger partial charge in [-0.1, -0.05) is 18.2 Å². The van der Waals surface area contributed by atoms with Crippen LogP contribution in [0.3, 0.4) is 0 Å². The number of oxazole rings is 1. The average molecular weight is 334 g/mol. The van der Waals surface area contributed by atoms with E-state index in [-0.39, 0.29) is 28.1 Å². The predicted octanol–water partition coefficient (Wildman–Crippen LogP) is 4.15. The summed E-state index contributed by atoms with van der Waals surface area (Å²) in [5.74, 6) is -0.639. The number of aromatic nitrogens is 1. The van der Waals surface area contributed by atoms with Crippen LogP contribution in [0.25, 0.3) is 11.1 Å². The van der Waals surface area contributed by atoms with Crippen LogP contribution in [-0.2, 0) is 6.42 Å². The molecule has 0 radical (unpaired) electrons. The molecule has 5 heteroatoms. The van der Waals surface area contributed by atoms with Gasteiger partial charge in [0.2, 0.25) is 5.89 Å². The van der Waals surface area contributed by atoms with Crippen molar-refractivity contribution in [1.82, 2.24) is 4.98 Å². The Bertz CT molecular complexity index is 764. The first-order valence-electron chi connectivity index (χ1n) is 5.97. The smallest absolute Gasteiger partial charge is 0.203 e. The summed E-state index contributed by atoms with van der Waals surface area (Å²) in [6.07, 6.45) is -0.0674. The Kier molecular flexibility index (Phi) is 3.36. The Labute approximate surface area is 122 Å². The summed E-state index contributed by atoms with van der Waals surface area (Å²) in [5.41, 5.74) is 1.33. The van der Waals surface area contributed by atoms with Gasteiger partial charge in [-0.15, -0.1) is 0 Å². The Morgan fingerprint density at radius 3 is 2.80 bits per heavy atom. The Morgan fingerprint density at radius 2 is 2.00 bits per heavy atom. The summed E-state index contributed by atoms with van der Waals surface area (Å²) in [5, 5.41) is 0. The van der Waals surface area contributed by atoms with Crippen molar-refractivity contribution in [3.8, 4) is 0 Å². The number of carbonyl (C=O) groups is 1. The summed E-state index contributed by atoms with van der Waals surface area (Å²) in [4.78, 5) is 16.3. The van der Waals surface area contributed by atoms with Crippen LogP contribution >= 0.6 is 15.9 Å². The number of carbonyl (C=O) groups excluding carboxylic acids is 1. The lowest BCUT2D eigenvalue weighted by Gasteiger charge is -2.01. The molecule has 2 aromatic carbocycles. The maximum Gasteiger partial charge on any atom is 0.203 e. The van der Waals surface area contributed by atoms with Crippen LogP contribution in [0.1, 0.15) is 16.2 Å². The first-order chi connectivity index (χ1) is 9.65. The van der Waals surface area contributed by atoms with Crippen LogP contribution in [0.5, 0.6) is 0 Å². The van der Waals surface area contributed by atoms with Gasteiger partial charge in [0.25, 0.3) is 0 Å². The summed E-state index contributed by atoms with van der Waals surface area (Å²) < 4.78 is 19.6. The van der Waals surface area contributed by atoms with Gasteiger partial charge in [0.1, 0.15) is 11.3 Å². The number of para-hydroxylation sites is 2. The fraction of sp³-hybridized carbons (Fsp3) is 0.0667. The molecule has 0 saturated carbocycles. The fourth-order valence-corrected chi connectivity index (χ4v) is 2.31. The van der Waals surface area contributed by atoms with E-state index in [1.54, 1.807) is 24.3 Å². The van der Waals surface area contributed by atoms with Crippen molar-refractivity contribution in [3.05, 3.63) is 64.2 Å². The van der Waals surface area contributed by atoms with Crippen LogP contribution in [-0.4, -0.2) is 10.8 Å². The number of halogens is 2. The highest BCUT2D eigenvalue weighted by Crippen LogP contribution is 2.21. The van der Waals surface area contributed by atoms with Gasteiger partial charge in [-0.3, -0.25) is 4.79 Å². The molecule has 0 aliphatic heterocycles. The molecule has 0 bridgehead atoms. The Hall–Kier alpha value is -2.01. The van der Waals surface area contributed by atoms with Crippen molar-refractivity contribution in [2.24, 2.45) is 0 Å². The summed E-state index contributed by atoms with van der Waals surface area (Å²) in [6.45, 7) is 0. The number of hydrogen-bond donors (Lipinski definition) is 0. The zero-order chi connectivity index (χ0) is 14.1. The van der Waals surface area contributed by atoms with Crippen molar-refractivity contribution in [3.63, 3.8) is 0 Å². The molecule has 0 saturated heterocycles. The molecule has 0 unspecified atom stereocenters. The quantitative estimate of drug-likeness (QED) is 0.676. The van der Waals surface area contributed by atoms with Gasteiger partial charge in [0, 0.05) is 0 Å². The number of nitrogens with zero attached hydrogens (tertiary/aromatic N) is 1. The molecule has 0 N–H and O–H groups in total. The molecule has 0 aliphatic carbocycles. The van der Waals surface area contributed by atoms with Gasteiger partial charge in [-0.25, -0.2) is 9.37 Å². The fourth-order valence-electron chi connectivity index (χ4n) is 1.95. The van der Waals surface area contributed by atoms with Gasteiger partial charge >= 0.3 is 0 Å². The van der Waals surface area contributed by atoms with E-state index in [4.69, 9.17) is 4.42 Å². The number of fused-ring (bicyclic) bond motifs is 1. The molecule has 1 aromatic heterocycles. The van der Waals surface area contributed by atoms with Crippen LogP contribution < -0.4 is 0 Å². The number of rotatable bonds is 3. The molecular formula is C15H9BrFNO2. The molecule has 0 aliphatic rings. The molecule has 0 spiro atoms. The predicted molar refractivity (Wildman–Crippen MR) is 76.1 cm³/mol. The standard InChI is InChI=1S/C15H9BrFNO2/c16-10-5-3-4-9(15(10)17)12(19)8-14-18-11-6-1-2-7-13(11)20-14/h1-7H,8H2. The summed E-state index contributed by atoms with van der Waals surface area (Å²) in [6, 6.07) is 11.9. The molecule has 0 amide bonds. The van der Waals surface area contributed by atoms with Crippen molar-refractivity contribution in [2.45, 2.75) is 6.42 Å². The minimum Gasteiger partial charge on any atom is -0.440 e. The molecule has 100 valence electrons. The maximum absolute atomic E-state index is 13.8. The number of ketones is 1. The van der Waals surface area contributed by atoms with Crippen LogP contribution in [0.4, 0.5) is 4.39 Å². The zero-order valence-corrected chi connectivity index (χ0v) is 11.9. The van der Waals surface area contributed by atoms with E-state index in [0.29, 0.717) is 11.1 Å². The average Bonchev–Trinajstić information content (AvgIpc) is 2.83. The van der Waals surface area contributed by atoms with Crippen molar-refractivity contribution in [1.29, 1.82) is 0 Å². The summed E-state index contributed by atoms with van der Waals surface area (Å²) >= 11 is 3.06. The first-order valence-corrected chi connectivity index (χ1v) is 6.76. The third-order valence-electron chi connectivity index (χ3n) is 2.90. The molecule has 3 aromatic rings. The lowest BCUT2D eigenvalue weighted by molar-refractivity contribution is 0.0982. The lowest BCUT2D eigenvalue weighted by atomic mass is 10.1. The number of benzene rings is 2. The first kappa shape index (κ1) is 13.0. The second-order valence-electron chi connectivity index (χ2n) is 4.28. The molecule has 0 fully saturated rings. The molecule has 3 rings (SSSR count). The van der Waals surface area contributed by atoms with Gasteiger partial charge in [-0.2, -0.15) is 0 Å². The highest BCUT2D eigenvalue weighted by atomic mass is 79.9. The van der Waals surface area contributed by atoms with E-state index in [9.17, 15) is 9.18 Å². The zero-order valence-electron chi connectivity index (χ0n) is 10.3. The number of hydrogen-bond acceptors (Lipinski definition) is 3. The minimum atomic E-state index is -0.561. The van der Waals surface area contributed by atoms with Gasteiger partial charge in [-0.05, 0) is 40.2 Å². The van der Waals surface area contributed by atoms with E-state index < -0.39 is 5.82 Å². The Balaban J connectivity index is 1.90. The second kappa shape index (κ2) is 5.17. The normalized spacial score (nSPS) is 10.9. The molecular weight excluding hydrogens is 325 g/mol. The van der Waals surface area contributed by atoms with Gasteiger partial charge < -0.3 is 4.42 Å². The van der Waals surface area contributed by atoms with Crippen molar-refractivity contribution < 1.29 is 13.6 Å². The third kappa shape index (κ3) is 2.36. The monoisotopic (exact) mass is 333 g/mol. The van der Waals surface area contributed by atoms with E-state index in [1.165, 1.54) is 6.07 Å². The second-order valence-corrected chi connectivity index (χ2v) is 5.13. The lowest BCUT2D eigenvalue weighted by Crippen LogP contribution is -2.06.